The summed E-state index contributed by atoms with van der Waals surface area (Å²) in [5.41, 5.74) is 1.94. The molecule has 0 radical (unpaired) electrons. The van der Waals surface area contributed by atoms with E-state index in [4.69, 9.17) is 4.74 Å². The number of aromatic hydroxyl groups is 1. The van der Waals surface area contributed by atoms with Crippen LogP contribution in [0.1, 0.15) is 6.92 Å². The van der Waals surface area contributed by atoms with Crippen LogP contribution in [-0.4, -0.2) is 17.9 Å². The zero-order valence-electron chi connectivity index (χ0n) is 10.5. The summed E-state index contributed by atoms with van der Waals surface area (Å²) in [6.07, 6.45) is -0.708. The number of hydrogen-bond acceptors (Lipinski definition) is 4. The summed E-state index contributed by atoms with van der Waals surface area (Å²) >= 11 is 0. The third-order valence-electron chi connectivity index (χ3n) is 2.52. The first-order valence-electron chi connectivity index (χ1n) is 5.93. The Balaban J connectivity index is 2.10. The van der Waals surface area contributed by atoms with Crippen LogP contribution in [0, 0.1) is 0 Å². The molecule has 0 saturated heterocycles. The van der Waals surface area contributed by atoms with Crippen LogP contribution in [0.15, 0.2) is 48.5 Å². The van der Waals surface area contributed by atoms with Crippen molar-refractivity contribution < 1.29 is 19.4 Å². The highest BCUT2D eigenvalue weighted by atomic mass is 16.7. The van der Waals surface area contributed by atoms with Crippen molar-refractivity contribution in [2.45, 2.75) is 6.92 Å². The van der Waals surface area contributed by atoms with E-state index in [9.17, 15) is 9.90 Å². The van der Waals surface area contributed by atoms with Gasteiger partial charge in [0.15, 0.2) is 0 Å². The molecule has 2 aromatic carbocycles. The van der Waals surface area contributed by atoms with E-state index in [0.29, 0.717) is 5.75 Å². The number of carbonyl (C=O) groups is 1. The number of phenols is 1. The molecular formula is C15H14O4. The van der Waals surface area contributed by atoms with Crippen molar-refractivity contribution >= 4 is 6.16 Å². The molecule has 2 aromatic rings. The van der Waals surface area contributed by atoms with Gasteiger partial charge in [-0.05, 0) is 42.3 Å². The average Bonchev–Trinajstić information content (AvgIpc) is 2.41. The molecule has 0 atom stereocenters. The average molecular weight is 258 g/mol. The summed E-state index contributed by atoms with van der Waals surface area (Å²) in [6.45, 7) is 2.00. The maximum absolute atomic E-state index is 11.1. The second-order valence-electron chi connectivity index (χ2n) is 3.86. The van der Waals surface area contributed by atoms with Gasteiger partial charge in [-0.2, -0.15) is 0 Å². The highest BCUT2D eigenvalue weighted by molar-refractivity contribution is 5.67. The van der Waals surface area contributed by atoms with Crippen molar-refractivity contribution in [2.75, 3.05) is 6.61 Å². The highest BCUT2D eigenvalue weighted by Crippen LogP contribution is 2.24. The summed E-state index contributed by atoms with van der Waals surface area (Å²) in [4.78, 5) is 11.1. The van der Waals surface area contributed by atoms with Crippen molar-refractivity contribution in [3.63, 3.8) is 0 Å². The van der Waals surface area contributed by atoms with Gasteiger partial charge in [-0.3, -0.25) is 0 Å². The lowest BCUT2D eigenvalue weighted by molar-refractivity contribution is 0.104. The molecule has 1 N–H and O–H groups in total. The quantitative estimate of drug-likeness (QED) is 0.675. The molecule has 0 aliphatic carbocycles. The largest absolute Gasteiger partial charge is 0.513 e. The Morgan fingerprint density at radius 1 is 1.00 bits per heavy atom. The van der Waals surface area contributed by atoms with Gasteiger partial charge in [0.25, 0.3) is 0 Å². The zero-order chi connectivity index (χ0) is 13.7. The van der Waals surface area contributed by atoms with Gasteiger partial charge in [0.2, 0.25) is 0 Å². The second-order valence-corrected chi connectivity index (χ2v) is 3.86. The van der Waals surface area contributed by atoms with Gasteiger partial charge in [-0.15, -0.1) is 0 Å². The first kappa shape index (κ1) is 13.0. The van der Waals surface area contributed by atoms with Gasteiger partial charge in [-0.1, -0.05) is 24.3 Å². The normalized spacial score (nSPS) is 9.95. The van der Waals surface area contributed by atoms with Crippen molar-refractivity contribution in [3.05, 3.63) is 48.5 Å². The summed E-state index contributed by atoms with van der Waals surface area (Å²) < 4.78 is 9.65. The van der Waals surface area contributed by atoms with Crippen molar-refractivity contribution in [1.82, 2.24) is 0 Å². The Hall–Kier alpha value is -2.49. The highest BCUT2D eigenvalue weighted by Gasteiger charge is 2.05. The molecule has 0 aromatic heterocycles. The van der Waals surface area contributed by atoms with E-state index in [1.807, 2.05) is 24.3 Å². The predicted molar refractivity (Wildman–Crippen MR) is 71.2 cm³/mol. The standard InChI is InChI=1S/C15H14O4/c1-2-18-15(17)19-14-9-5-12(6-10-14)11-3-7-13(16)8-4-11/h3-10,16H,2H2,1H3. The summed E-state index contributed by atoms with van der Waals surface area (Å²) in [5.74, 6) is 0.659. The fourth-order valence-electron chi connectivity index (χ4n) is 1.61. The van der Waals surface area contributed by atoms with Gasteiger partial charge >= 0.3 is 6.16 Å². The maximum Gasteiger partial charge on any atom is 0.513 e. The van der Waals surface area contributed by atoms with Crippen LogP contribution in [0.2, 0.25) is 0 Å². The third-order valence-corrected chi connectivity index (χ3v) is 2.52. The van der Waals surface area contributed by atoms with E-state index in [0.717, 1.165) is 11.1 Å². The fourth-order valence-corrected chi connectivity index (χ4v) is 1.61. The van der Waals surface area contributed by atoms with Crippen LogP contribution in [0.25, 0.3) is 11.1 Å². The van der Waals surface area contributed by atoms with Gasteiger partial charge in [-0.25, -0.2) is 4.79 Å². The smallest absolute Gasteiger partial charge is 0.508 e. The second kappa shape index (κ2) is 5.91. The van der Waals surface area contributed by atoms with Crippen molar-refractivity contribution in [1.29, 1.82) is 0 Å². The predicted octanol–water partition coefficient (Wildman–Crippen LogP) is 3.59. The first-order valence-corrected chi connectivity index (χ1v) is 5.93. The van der Waals surface area contributed by atoms with Crippen molar-refractivity contribution in [3.8, 4) is 22.6 Å². The zero-order valence-corrected chi connectivity index (χ0v) is 10.5. The Morgan fingerprint density at radius 3 is 2.05 bits per heavy atom. The summed E-state index contributed by atoms with van der Waals surface area (Å²) in [7, 11) is 0. The lowest BCUT2D eigenvalue weighted by Crippen LogP contribution is -2.09. The van der Waals surface area contributed by atoms with Crippen LogP contribution in [0.5, 0.6) is 11.5 Å². The number of benzene rings is 2. The van der Waals surface area contributed by atoms with Gasteiger partial charge < -0.3 is 14.6 Å². The molecule has 0 bridgehead atoms. The van der Waals surface area contributed by atoms with E-state index in [1.54, 1.807) is 31.2 Å². The topological polar surface area (TPSA) is 55.8 Å². The van der Waals surface area contributed by atoms with E-state index < -0.39 is 6.16 Å². The number of hydrogen-bond donors (Lipinski definition) is 1. The Morgan fingerprint density at radius 2 is 1.53 bits per heavy atom. The number of rotatable bonds is 3. The Kier molecular flexibility index (Phi) is 4.03. The van der Waals surface area contributed by atoms with Gasteiger partial charge in [0.05, 0.1) is 6.61 Å². The van der Waals surface area contributed by atoms with E-state index >= 15 is 0 Å². The van der Waals surface area contributed by atoms with Crippen LogP contribution < -0.4 is 4.74 Å². The minimum absolute atomic E-state index is 0.228. The monoisotopic (exact) mass is 258 g/mol. The molecular weight excluding hydrogens is 244 g/mol. The number of carbonyl (C=O) groups excluding carboxylic acids is 1. The van der Waals surface area contributed by atoms with Crippen LogP contribution in [0.3, 0.4) is 0 Å². The van der Waals surface area contributed by atoms with Crippen LogP contribution in [0.4, 0.5) is 4.79 Å². The summed E-state index contributed by atoms with van der Waals surface area (Å²) in [5, 5.41) is 9.23. The number of phenolic OH excluding ortho intramolecular Hbond substituents is 1. The molecule has 0 spiro atoms. The molecule has 0 aliphatic heterocycles. The summed E-state index contributed by atoms with van der Waals surface area (Å²) in [6, 6.07) is 13.9. The SMILES string of the molecule is CCOC(=O)Oc1ccc(-c2ccc(O)cc2)cc1. The fraction of sp³-hybridized carbons (Fsp3) is 0.133. The lowest BCUT2D eigenvalue weighted by Gasteiger charge is -2.05. The van der Waals surface area contributed by atoms with E-state index in [-0.39, 0.29) is 12.4 Å². The molecule has 19 heavy (non-hydrogen) atoms. The molecule has 0 fully saturated rings. The molecule has 0 aliphatic rings. The molecule has 0 unspecified atom stereocenters. The molecule has 0 amide bonds. The lowest BCUT2D eigenvalue weighted by atomic mass is 10.1. The molecule has 0 heterocycles. The molecule has 0 saturated carbocycles. The van der Waals surface area contributed by atoms with E-state index in [1.165, 1.54) is 0 Å². The van der Waals surface area contributed by atoms with Crippen LogP contribution in [-0.2, 0) is 4.74 Å². The minimum atomic E-state index is -0.708. The molecule has 2 rings (SSSR count). The minimum Gasteiger partial charge on any atom is -0.508 e. The maximum atomic E-state index is 11.1. The molecule has 98 valence electrons. The number of ether oxygens (including phenoxy) is 2. The Bertz CT molecular complexity index is 543. The Labute approximate surface area is 111 Å². The first-order chi connectivity index (χ1) is 9.19. The van der Waals surface area contributed by atoms with Gasteiger partial charge in [0.1, 0.15) is 11.5 Å². The van der Waals surface area contributed by atoms with E-state index in [2.05, 4.69) is 4.74 Å². The van der Waals surface area contributed by atoms with Gasteiger partial charge in [0, 0.05) is 0 Å². The molecule has 4 nitrogen and oxygen atoms in total. The molecule has 4 heteroatoms. The van der Waals surface area contributed by atoms with Crippen molar-refractivity contribution in [2.24, 2.45) is 0 Å². The third kappa shape index (κ3) is 3.48. The van der Waals surface area contributed by atoms with Crippen LogP contribution >= 0.6 is 0 Å².